The summed E-state index contributed by atoms with van der Waals surface area (Å²) in [4.78, 5) is 8.69. The first-order valence-corrected chi connectivity index (χ1v) is 7.06. The summed E-state index contributed by atoms with van der Waals surface area (Å²) in [6.45, 7) is 4.00. The van der Waals surface area contributed by atoms with Crippen LogP contribution >= 0.6 is 0 Å². The summed E-state index contributed by atoms with van der Waals surface area (Å²) in [5, 5.41) is 13.2. The van der Waals surface area contributed by atoms with E-state index in [-0.39, 0.29) is 18.6 Å². The van der Waals surface area contributed by atoms with E-state index in [1.807, 2.05) is 13.8 Å². The smallest absolute Gasteiger partial charge is 0.225 e. The van der Waals surface area contributed by atoms with E-state index in [9.17, 15) is 5.11 Å². The van der Waals surface area contributed by atoms with Gasteiger partial charge < -0.3 is 25.6 Å². The number of hydrogen-bond donors (Lipinski definition) is 3. The van der Waals surface area contributed by atoms with Crippen molar-refractivity contribution in [1.82, 2.24) is 9.97 Å². The van der Waals surface area contributed by atoms with Crippen molar-refractivity contribution in [1.29, 1.82) is 0 Å². The van der Waals surface area contributed by atoms with Crippen molar-refractivity contribution in [2.45, 2.75) is 19.9 Å². The highest BCUT2D eigenvalue weighted by molar-refractivity contribution is 5.91. The number of aromatic nitrogens is 2. The molecule has 4 N–H and O–H groups in total. The number of nitrogen functional groups attached to an aromatic ring is 1. The molecule has 0 amide bonds. The Morgan fingerprint density at radius 1 is 1.18 bits per heavy atom. The lowest BCUT2D eigenvalue weighted by molar-refractivity contribution is 0.248. The minimum atomic E-state index is -0.142. The Hall–Kier alpha value is -2.28. The van der Waals surface area contributed by atoms with Gasteiger partial charge in [0, 0.05) is 11.5 Å². The number of hydrogen-bond acceptors (Lipinski definition) is 7. The molecule has 120 valence electrons. The second kappa shape index (κ2) is 6.65. The molecule has 22 heavy (non-hydrogen) atoms. The lowest BCUT2D eigenvalue weighted by Crippen LogP contribution is -2.30. The Labute approximate surface area is 129 Å². The van der Waals surface area contributed by atoms with Crippen LogP contribution in [-0.4, -0.2) is 41.9 Å². The fourth-order valence-electron chi connectivity index (χ4n) is 2.13. The van der Waals surface area contributed by atoms with Gasteiger partial charge in [-0.3, -0.25) is 0 Å². The maximum atomic E-state index is 9.40. The van der Waals surface area contributed by atoms with Crippen molar-refractivity contribution in [3.63, 3.8) is 0 Å². The highest BCUT2D eigenvalue weighted by Gasteiger charge is 2.16. The van der Waals surface area contributed by atoms with E-state index in [4.69, 9.17) is 15.2 Å². The number of anilines is 2. The van der Waals surface area contributed by atoms with Crippen LogP contribution in [0.25, 0.3) is 10.9 Å². The largest absolute Gasteiger partial charge is 0.493 e. The van der Waals surface area contributed by atoms with Crippen molar-refractivity contribution in [2.75, 3.05) is 31.9 Å². The second-order valence-electron chi connectivity index (χ2n) is 5.33. The summed E-state index contributed by atoms with van der Waals surface area (Å²) in [5.41, 5.74) is 6.66. The second-order valence-corrected chi connectivity index (χ2v) is 5.33. The summed E-state index contributed by atoms with van der Waals surface area (Å²) in [7, 11) is 3.12. The molecule has 1 aromatic carbocycles. The van der Waals surface area contributed by atoms with Gasteiger partial charge in [0.05, 0.1) is 32.4 Å². The molecule has 1 atom stereocenters. The van der Waals surface area contributed by atoms with Crippen molar-refractivity contribution in [3.8, 4) is 11.5 Å². The number of aliphatic hydroxyl groups is 1. The lowest BCUT2D eigenvalue weighted by Gasteiger charge is -2.20. The third-order valence-electron chi connectivity index (χ3n) is 3.55. The van der Waals surface area contributed by atoms with Gasteiger partial charge in [-0.2, -0.15) is 4.98 Å². The predicted octanol–water partition coefficient (Wildman–Crippen LogP) is 1.66. The number of aliphatic hydroxyl groups excluding tert-OH is 1. The van der Waals surface area contributed by atoms with Gasteiger partial charge in [0.1, 0.15) is 5.82 Å². The van der Waals surface area contributed by atoms with Crippen molar-refractivity contribution >= 4 is 22.7 Å². The number of rotatable bonds is 6. The molecule has 0 fully saturated rings. The van der Waals surface area contributed by atoms with Crippen molar-refractivity contribution < 1.29 is 14.6 Å². The quantitative estimate of drug-likeness (QED) is 0.745. The Bertz CT molecular complexity index is 661. The van der Waals surface area contributed by atoms with E-state index in [1.165, 1.54) is 0 Å². The number of fused-ring (bicyclic) bond motifs is 1. The molecular weight excluding hydrogens is 284 g/mol. The first-order valence-electron chi connectivity index (χ1n) is 7.06. The van der Waals surface area contributed by atoms with E-state index in [2.05, 4.69) is 15.3 Å². The van der Waals surface area contributed by atoms with Crippen molar-refractivity contribution in [2.24, 2.45) is 5.92 Å². The van der Waals surface area contributed by atoms with Crippen LogP contribution in [0, 0.1) is 5.92 Å². The molecule has 0 unspecified atom stereocenters. The number of benzene rings is 1. The number of ether oxygens (including phenoxy) is 2. The van der Waals surface area contributed by atoms with Crippen LogP contribution in [0.2, 0.25) is 0 Å². The predicted molar refractivity (Wildman–Crippen MR) is 86.4 cm³/mol. The van der Waals surface area contributed by atoms with Gasteiger partial charge in [-0.1, -0.05) is 13.8 Å². The molecule has 0 aliphatic rings. The molecule has 0 spiro atoms. The fourth-order valence-corrected chi connectivity index (χ4v) is 2.13. The average Bonchev–Trinajstić information content (AvgIpc) is 2.51. The summed E-state index contributed by atoms with van der Waals surface area (Å²) in [6, 6.07) is 3.36. The van der Waals surface area contributed by atoms with Crippen LogP contribution in [0.5, 0.6) is 11.5 Å². The Balaban J connectivity index is 2.47. The van der Waals surface area contributed by atoms with Crippen LogP contribution in [-0.2, 0) is 0 Å². The third-order valence-corrected chi connectivity index (χ3v) is 3.55. The molecule has 7 nitrogen and oxygen atoms in total. The normalized spacial score (nSPS) is 12.5. The zero-order valence-electron chi connectivity index (χ0n) is 13.3. The lowest BCUT2D eigenvalue weighted by atomic mass is 10.1. The molecule has 0 saturated heterocycles. The standard InChI is InChI=1S/C15H22N4O3/c1-8(2)11(7-20)18-15-17-10-6-13(22-4)12(21-3)5-9(10)14(16)19-15/h5-6,8,11,20H,7H2,1-4H3,(H3,16,17,18,19)/t11-/m1/s1. The van der Waals surface area contributed by atoms with Gasteiger partial charge in [-0.05, 0) is 12.0 Å². The van der Waals surface area contributed by atoms with E-state index >= 15 is 0 Å². The Kier molecular flexibility index (Phi) is 4.87. The molecule has 0 saturated carbocycles. The molecule has 0 radical (unpaired) electrons. The molecule has 1 aromatic heterocycles. The molecule has 0 aliphatic carbocycles. The minimum absolute atomic E-state index is 0.00903. The van der Waals surface area contributed by atoms with Gasteiger partial charge in [0.2, 0.25) is 5.95 Å². The summed E-state index contributed by atoms with van der Waals surface area (Å²) < 4.78 is 10.5. The number of nitrogens with one attached hydrogen (secondary N) is 1. The summed E-state index contributed by atoms with van der Waals surface area (Å²) >= 11 is 0. The van der Waals surface area contributed by atoms with Crippen LogP contribution in [0.3, 0.4) is 0 Å². The maximum absolute atomic E-state index is 9.40. The molecule has 0 bridgehead atoms. The zero-order valence-corrected chi connectivity index (χ0v) is 13.3. The van der Waals surface area contributed by atoms with Gasteiger partial charge in [0.25, 0.3) is 0 Å². The van der Waals surface area contributed by atoms with E-state index in [0.29, 0.717) is 34.2 Å². The van der Waals surface area contributed by atoms with E-state index < -0.39 is 0 Å². The summed E-state index contributed by atoms with van der Waals surface area (Å²) in [6.07, 6.45) is 0. The van der Waals surface area contributed by atoms with Crippen LogP contribution in [0.15, 0.2) is 12.1 Å². The monoisotopic (exact) mass is 306 g/mol. The minimum Gasteiger partial charge on any atom is -0.493 e. The Morgan fingerprint density at radius 3 is 2.36 bits per heavy atom. The molecule has 1 heterocycles. The number of methoxy groups -OCH3 is 2. The maximum Gasteiger partial charge on any atom is 0.225 e. The number of nitrogens with two attached hydrogens (primary N) is 1. The molecule has 2 aromatic rings. The zero-order chi connectivity index (χ0) is 16.3. The van der Waals surface area contributed by atoms with Crippen LogP contribution in [0.4, 0.5) is 11.8 Å². The first-order chi connectivity index (χ1) is 10.5. The summed E-state index contributed by atoms with van der Waals surface area (Å²) in [5.74, 6) is 2.10. The van der Waals surface area contributed by atoms with Crippen LogP contribution in [0.1, 0.15) is 13.8 Å². The number of nitrogens with zero attached hydrogens (tertiary/aromatic N) is 2. The molecular formula is C15H22N4O3. The van der Waals surface area contributed by atoms with Gasteiger partial charge >= 0.3 is 0 Å². The third kappa shape index (κ3) is 3.14. The van der Waals surface area contributed by atoms with Gasteiger partial charge in [0.15, 0.2) is 11.5 Å². The highest BCUT2D eigenvalue weighted by Crippen LogP contribution is 2.33. The van der Waals surface area contributed by atoms with E-state index in [0.717, 1.165) is 0 Å². The fraction of sp³-hybridized carbons (Fsp3) is 0.467. The first kappa shape index (κ1) is 16.1. The highest BCUT2D eigenvalue weighted by atomic mass is 16.5. The molecule has 0 aliphatic heterocycles. The van der Waals surface area contributed by atoms with Gasteiger partial charge in [-0.25, -0.2) is 4.98 Å². The SMILES string of the molecule is COc1cc2nc(N[C@H](CO)C(C)C)nc(N)c2cc1OC. The average molecular weight is 306 g/mol. The molecule has 7 heteroatoms. The Morgan fingerprint density at radius 2 is 1.82 bits per heavy atom. The van der Waals surface area contributed by atoms with E-state index in [1.54, 1.807) is 26.4 Å². The topological polar surface area (TPSA) is 103 Å². The van der Waals surface area contributed by atoms with Gasteiger partial charge in [-0.15, -0.1) is 0 Å². The van der Waals surface area contributed by atoms with Crippen molar-refractivity contribution in [3.05, 3.63) is 12.1 Å². The van der Waals surface area contributed by atoms with Crippen LogP contribution < -0.4 is 20.5 Å². The molecule has 2 rings (SSSR count).